The standard InChI is InChI=1S/C19H24N2O5S/c1-6-26-16(23)10-27-19-20-11(2)17(12(3)22)18(21-19)13-7-8-14(24-4)15(9-13)25-5/h7-9,18H,6,10H2,1-5H3,(H,20,21). The summed E-state index contributed by atoms with van der Waals surface area (Å²) in [5, 5.41) is 3.66. The van der Waals surface area contributed by atoms with Crippen LogP contribution < -0.4 is 14.8 Å². The molecule has 2 rings (SSSR count). The number of benzene rings is 1. The van der Waals surface area contributed by atoms with Crippen molar-refractivity contribution in [3.05, 3.63) is 35.0 Å². The van der Waals surface area contributed by atoms with E-state index < -0.39 is 6.04 Å². The number of aliphatic imine (C=N–C) groups is 1. The van der Waals surface area contributed by atoms with Crippen LogP contribution >= 0.6 is 11.8 Å². The van der Waals surface area contributed by atoms with Gasteiger partial charge in [-0.1, -0.05) is 17.8 Å². The normalized spacial score (nSPS) is 16.3. The first-order valence-corrected chi connectivity index (χ1v) is 9.46. The number of carbonyl (C=O) groups is 2. The van der Waals surface area contributed by atoms with E-state index >= 15 is 0 Å². The maximum atomic E-state index is 12.2. The SMILES string of the molecule is CCOC(=O)CSC1=NC(c2ccc(OC)c(OC)c2)C(C(C)=O)=C(C)N1. The molecule has 146 valence electrons. The molecule has 0 saturated heterocycles. The lowest BCUT2D eigenvalue weighted by Crippen LogP contribution is -2.30. The Labute approximate surface area is 163 Å². The molecule has 0 aromatic heterocycles. The third-order valence-electron chi connectivity index (χ3n) is 3.95. The summed E-state index contributed by atoms with van der Waals surface area (Å²) < 4.78 is 15.6. The number of thioether (sulfide) groups is 1. The van der Waals surface area contributed by atoms with Crippen LogP contribution in [0.15, 0.2) is 34.5 Å². The zero-order chi connectivity index (χ0) is 20.0. The molecule has 0 bridgehead atoms. The first kappa shape index (κ1) is 20.8. The van der Waals surface area contributed by atoms with Crippen LogP contribution in [-0.2, 0) is 14.3 Å². The smallest absolute Gasteiger partial charge is 0.316 e. The third-order valence-corrected chi connectivity index (χ3v) is 4.81. The molecule has 1 atom stereocenters. The van der Waals surface area contributed by atoms with Gasteiger partial charge >= 0.3 is 5.97 Å². The van der Waals surface area contributed by atoms with Gasteiger partial charge in [0.15, 0.2) is 22.4 Å². The number of ketones is 1. The fourth-order valence-corrected chi connectivity index (χ4v) is 3.51. The number of esters is 1. The van der Waals surface area contributed by atoms with E-state index in [9.17, 15) is 9.59 Å². The summed E-state index contributed by atoms with van der Waals surface area (Å²) in [6, 6.07) is 4.95. The van der Waals surface area contributed by atoms with Crippen LogP contribution in [0.4, 0.5) is 0 Å². The second kappa shape index (κ2) is 9.45. The number of nitrogens with one attached hydrogen (secondary N) is 1. The van der Waals surface area contributed by atoms with Gasteiger partial charge in [-0.2, -0.15) is 0 Å². The van der Waals surface area contributed by atoms with Gasteiger partial charge in [0, 0.05) is 11.3 Å². The molecule has 1 aliphatic heterocycles. The number of ether oxygens (including phenoxy) is 3. The summed E-state index contributed by atoms with van der Waals surface area (Å²) in [5.74, 6) is 0.916. The zero-order valence-corrected chi connectivity index (χ0v) is 16.9. The molecule has 27 heavy (non-hydrogen) atoms. The van der Waals surface area contributed by atoms with Crippen LogP contribution in [0.1, 0.15) is 32.4 Å². The highest BCUT2D eigenvalue weighted by Crippen LogP contribution is 2.37. The fourth-order valence-electron chi connectivity index (χ4n) is 2.77. The van der Waals surface area contributed by atoms with Gasteiger partial charge in [-0.25, -0.2) is 4.99 Å². The van der Waals surface area contributed by atoms with E-state index in [4.69, 9.17) is 14.2 Å². The molecule has 7 nitrogen and oxygen atoms in total. The quantitative estimate of drug-likeness (QED) is 0.714. The van der Waals surface area contributed by atoms with Crippen molar-refractivity contribution in [2.24, 2.45) is 4.99 Å². The van der Waals surface area contributed by atoms with E-state index in [2.05, 4.69) is 10.3 Å². The molecule has 1 aliphatic rings. The van der Waals surface area contributed by atoms with E-state index in [1.54, 1.807) is 27.2 Å². The Morgan fingerprint density at radius 3 is 2.52 bits per heavy atom. The Balaban J connectivity index is 2.36. The van der Waals surface area contributed by atoms with Crippen molar-refractivity contribution in [2.75, 3.05) is 26.6 Å². The monoisotopic (exact) mass is 392 g/mol. The average molecular weight is 392 g/mol. The number of Topliss-reactive ketones (excluding diaryl/α,β-unsaturated/α-hetero) is 1. The van der Waals surface area contributed by atoms with E-state index in [1.807, 2.05) is 19.1 Å². The Kier molecular flexibility index (Phi) is 7.29. The largest absolute Gasteiger partial charge is 0.493 e. The second-order valence-corrected chi connectivity index (χ2v) is 6.73. The van der Waals surface area contributed by atoms with Gasteiger partial charge in [0.25, 0.3) is 0 Å². The van der Waals surface area contributed by atoms with Crippen LogP contribution in [0.2, 0.25) is 0 Å². The highest BCUT2D eigenvalue weighted by molar-refractivity contribution is 8.14. The summed E-state index contributed by atoms with van der Waals surface area (Å²) in [6.07, 6.45) is 0. The van der Waals surface area contributed by atoms with Crippen LogP contribution in [0, 0.1) is 0 Å². The Hall–Kier alpha value is -2.48. The van der Waals surface area contributed by atoms with Gasteiger partial charge in [-0.15, -0.1) is 0 Å². The summed E-state index contributed by atoms with van der Waals surface area (Å²) in [5.41, 5.74) is 2.08. The number of nitrogens with zero attached hydrogens (tertiary/aromatic N) is 1. The molecule has 1 aromatic rings. The van der Waals surface area contributed by atoms with Gasteiger partial charge in [0.05, 0.1) is 26.6 Å². The molecule has 8 heteroatoms. The molecule has 0 aliphatic carbocycles. The van der Waals surface area contributed by atoms with Crippen molar-refractivity contribution < 1.29 is 23.8 Å². The minimum atomic E-state index is -0.492. The fraction of sp³-hybridized carbons (Fsp3) is 0.421. The second-order valence-electron chi connectivity index (χ2n) is 5.76. The van der Waals surface area contributed by atoms with Gasteiger partial charge in [0.2, 0.25) is 0 Å². The lowest BCUT2D eigenvalue weighted by molar-refractivity contribution is -0.139. The van der Waals surface area contributed by atoms with Gasteiger partial charge in [-0.3, -0.25) is 9.59 Å². The molecule has 0 amide bonds. The molecule has 0 radical (unpaired) electrons. The predicted molar refractivity (Wildman–Crippen MR) is 105 cm³/mol. The van der Waals surface area contributed by atoms with Crippen LogP contribution in [-0.4, -0.2) is 43.5 Å². The van der Waals surface area contributed by atoms with Crippen molar-refractivity contribution in [1.82, 2.24) is 5.32 Å². The molecule has 1 heterocycles. The molecule has 1 aromatic carbocycles. The number of allylic oxidation sites excluding steroid dienone is 1. The Morgan fingerprint density at radius 1 is 1.22 bits per heavy atom. The van der Waals surface area contributed by atoms with Crippen molar-refractivity contribution in [2.45, 2.75) is 26.8 Å². The Bertz CT molecular complexity index is 788. The van der Waals surface area contributed by atoms with E-state index in [1.165, 1.54) is 18.7 Å². The highest BCUT2D eigenvalue weighted by Gasteiger charge is 2.28. The van der Waals surface area contributed by atoms with Gasteiger partial charge < -0.3 is 19.5 Å². The summed E-state index contributed by atoms with van der Waals surface area (Å²) in [6.45, 7) is 5.43. The first-order valence-electron chi connectivity index (χ1n) is 8.48. The number of rotatable bonds is 7. The molecule has 0 spiro atoms. The zero-order valence-electron chi connectivity index (χ0n) is 16.1. The van der Waals surface area contributed by atoms with E-state index in [0.29, 0.717) is 34.5 Å². The maximum absolute atomic E-state index is 12.2. The number of hydrogen-bond acceptors (Lipinski definition) is 8. The molecular formula is C19H24N2O5S. The molecule has 1 unspecified atom stereocenters. The van der Waals surface area contributed by atoms with E-state index in [0.717, 1.165) is 5.56 Å². The minimum absolute atomic E-state index is 0.0713. The van der Waals surface area contributed by atoms with E-state index in [-0.39, 0.29) is 17.5 Å². The maximum Gasteiger partial charge on any atom is 0.316 e. The third kappa shape index (κ3) is 5.03. The van der Waals surface area contributed by atoms with Crippen molar-refractivity contribution >= 4 is 28.7 Å². The number of amidine groups is 1. The predicted octanol–water partition coefficient (Wildman–Crippen LogP) is 2.86. The minimum Gasteiger partial charge on any atom is -0.493 e. The lowest BCUT2D eigenvalue weighted by Gasteiger charge is -2.26. The number of carbonyl (C=O) groups excluding carboxylic acids is 2. The summed E-state index contributed by atoms with van der Waals surface area (Å²) >= 11 is 1.24. The van der Waals surface area contributed by atoms with Crippen LogP contribution in [0.25, 0.3) is 0 Å². The molecule has 0 saturated carbocycles. The number of hydrogen-bond donors (Lipinski definition) is 1. The van der Waals surface area contributed by atoms with Crippen LogP contribution in [0.5, 0.6) is 11.5 Å². The Morgan fingerprint density at radius 2 is 1.93 bits per heavy atom. The van der Waals surface area contributed by atoms with Gasteiger partial charge in [0.1, 0.15) is 6.04 Å². The average Bonchev–Trinajstić information content (AvgIpc) is 2.65. The lowest BCUT2D eigenvalue weighted by atomic mass is 9.94. The molecular weight excluding hydrogens is 368 g/mol. The first-order chi connectivity index (χ1) is 12.9. The number of methoxy groups -OCH3 is 2. The molecule has 0 fully saturated rings. The summed E-state index contributed by atoms with van der Waals surface area (Å²) in [7, 11) is 3.12. The van der Waals surface area contributed by atoms with Gasteiger partial charge in [-0.05, 0) is 38.5 Å². The topological polar surface area (TPSA) is 86.2 Å². The highest BCUT2D eigenvalue weighted by atomic mass is 32.2. The van der Waals surface area contributed by atoms with Crippen molar-refractivity contribution in [3.63, 3.8) is 0 Å². The van der Waals surface area contributed by atoms with Crippen molar-refractivity contribution in [3.8, 4) is 11.5 Å². The van der Waals surface area contributed by atoms with Crippen LogP contribution in [0.3, 0.4) is 0 Å². The molecule has 1 N–H and O–H groups in total. The summed E-state index contributed by atoms with van der Waals surface area (Å²) in [4.78, 5) is 28.5. The van der Waals surface area contributed by atoms with Crippen molar-refractivity contribution in [1.29, 1.82) is 0 Å².